The molecule has 36 heavy (non-hydrogen) atoms. The molecule has 0 bridgehead atoms. The topological polar surface area (TPSA) is 117 Å². The Hall–Kier alpha value is -3.45. The molecular formula is C23H28F3N7O3. The average molecular weight is 508 g/mol. The van der Waals surface area contributed by atoms with E-state index in [1.54, 1.807) is 7.11 Å². The molecule has 194 valence electrons. The van der Waals surface area contributed by atoms with E-state index in [1.165, 1.54) is 24.0 Å². The molecule has 5 rings (SSSR count). The Kier molecular flexibility index (Phi) is 7.59. The van der Waals surface area contributed by atoms with Crippen molar-refractivity contribution in [3.8, 4) is 5.75 Å². The van der Waals surface area contributed by atoms with Crippen molar-refractivity contribution in [3.05, 3.63) is 35.7 Å². The van der Waals surface area contributed by atoms with E-state index in [0.29, 0.717) is 12.0 Å². The lowest BCUT2D eigenvalue weighted by atomic mass is 9.99. The van der Waals surface area contributed by atoms with Crippen LogP contribution in [0.2, 0.25) is 0 Å². The standard InChI is InChI=1S/C21H27N7O.C2HF3O2/c1-27-7-5-14-9-19(29-2)18(8-15(14)12-27)25-21-23-10-16-11-24-28(20(16)26-21)13-17-4-3-6-22-17;3-2(4,5)1(6)7/h8-11,17,22H,3-7,12-13H2,1-2H3,(H,23,25,26);(H,6,7)/t17-;/m1./s1. The summed E-state index contributed by atoms with van der Waals surface area (Å²) >= 11 is 0. The zero-order valence-electron chi connectivity index (χ0n) is 20.0. The molecular weight excluding hydrogens is 479 g/mol. The van der Waals surface area contributed by atoms with Crippen LogP contribution < -0.4 is 15.4 Å². The van der Waals surface area contributed by atoms with Gasteiger partial charge in [-0.15, -0.1) is 0 Å². The molecule has 0 saturated carbocycles. The summed E-state index contributed by atoms with van der Waals surface area (Å²) in [6.45, 7) is 3.92. The molecule has 1 fully saturated rings. The third-order valence-electron chi connectivity index (χ3n) is 6.15. The molecule has 1 saturated heterocycles. The van der Waals surface area contributed by atoms with Crippen molar-refractivity contribution in [2.24, 2.45) is 0 Å². The van der Waals surface area contributed by atoms with Crippen LogP contribution in [0.15, 0.2) is 24.5 Å². The maximum atomic E-state index is 10.6. The number of aromatic nitrogens is 4. The molecule has 0 unspecified atom stereocenters. The van der Waals surface area contributed by atoms with Crippen molar-refractivity contribution in [2.45, 2.75) is 44.6 Å². The highest BCUT2D eigenvalue weighted by molar-refractivity contribution is 5.76. The van der Waals surface area contributed by atoms with Crippen LogP contribution in [0.4, 0.5) is 24.8 Å². The molecule has 0 amide bonds. The number of rotatable bonds is 5. The number of ether oxygens (including phenoxy) is 1. The number of anilines is 2. The van der Waals surface area contributed by atoms with E-state index < -0.39 is 12.1 Å². The van der Waals surface area contributed by atoms with Crippen molar-refractivity contribution < 1.29 is 27.8 Å². The van der Waals surface area contributed by atoms with E-state index in [1.807, 2.05) is 17.1 Å². The molecule has 4 heterocycles. The zero-order valence-corrected chi connectivity index (χ0v) is 20.0. The Morgan fingerprint density at radius 2 is 2.08 bits per heavy atom. The van der Waals surface area contributed by atoms with Crippen LogP contribution in [0.25, 0.3) is 11.0 Å². The predicted octanol–water partition coefficient (Wildman–Crippen LogP) is 2.95. The summed E-state index contributed by atoms with van der Waals surface area (Å²) in [5, 5.41) is 19.5. The highest BCUT2D eigenvalue weighted by Gasteiger charge is 2.38. The second-order valence-corrected chi connectivity index (χ2v) is 8.83. The Morgan fingerprint density at radius 1 is 1.31 bits per heavy atom. The minimum absolute atomic E-state index is 0.460. The van der Waals surface area contributed by atoms with Gasteiger partial charge in [0, 0.05) is 25.3 Å². The lowest BCUT2D eigenvalue weighted by Crippen LogP contribution is -2.27. The van der Waals surface area contributed by atoms with Gasteiger partial charge in [0.2, 0.25) is 5.95 Å². The fourth-order valence-electron chi connectivity index (χ4n) is 4.30. The molecule has 10 nitrogen and oxygen atoms in total. The lowest BCUT2D eigenvalue weighted by Gasteiger charge is -2.26. The van der Waals surface area contributed by atoms with Gasteiger partial charge in [0.05, 0.1) is 30.9 Å². The van der Waals surface area contributed by atoms with E-state index >= 15 is 0 Å². The van der Waals surface area contributed by atoms with Crippen LogP contribution in [0, 0.1) is 0 Å². The van der Waals surface area contributed by atoms with E-state index in [-0.39, 0.29) is 0 Å². The van der Waals surface area contributed by atoms with Gasteiger partial charge >= 0.3 is 12.1 Å². The number of likely N-dealkylation sites (N-methyl/N-ethyl adjacent to an activating group) is 1. The first kappa shape index (κ1) is 25.6. The summed E-state index contributed by atoms with van der Waals surface area (Å²) in [6.07, 6.45) is 2.02. The number of carboxylic acids is 1. The first-order chi connectivity index (χ1) is 17.1. The van der Waals surface area contributed by atoms with Crippen LogP contribution in [-0.4, -0.2) is 75.2 Å². The fourth-order valence-corrected chi connectivity index (χ4v) is 4.30. The Bertz CT molecular complexity index is 1230. The largest absolute Gasteiger partial charge is 0.495 e. The summed E-state index contributed by atoms with van der Waals surface area (Å²) in [6, 6.07) is 4.76. The van der Waals surface area contributed by atoms with Crippen molar-refractivity contribution in [2.75, 3.05) is 32.6 Å². The number of benzene rings is 1. The molecule has 3 N–H and O–H groups in total. The van der Waals surface area contributed by atoms with Gasteiger partial charge in [-0.3, -0.25) is 0 Å². The predicted molar refractivity (Wildman–Crippen MR) is 126 cm³/mol. The van der Waals surface area contributed by atoms with Crippen molar-refractivity contribution in [1.82, 2.24) is 30.0 Å². The molecule has 1 atom stereocenters. The van der Waals surface area contributed by atoms with Crippen LogP contribution in [0.1, 0.15) is 24.0 Å². The Balaban J connectivity index is 0.000000384. The Morgan fingerprint density at radius 3 is 2.75 bits per heavy atom. The van der Waals surface area contributed by atoms with Crippen LogP contribution in [-0.2, 0) is 24.3 Å². The number of halogens is 3. The van der Waals surface area contributed by atoms with Gasteiger partial charge in [-0.25, -0.2) is 14.5 Å². The van der Waals surface area contributed by atoms with E-state index in [0.717, 1.165) is 55.1 Å². The monoisotopic (exact) mass is 507 g/mol. The number of hydrogen-bond acceptors (Lipinski definition) is 8. The van der Waals surface area contributed by atoms with Gasteiger partial charge < -0.3 is 25.4 Å². The molecule has 13 heteroatoms. The first-order valence-corrected chi connectivity index (χ1v) is 11.5. The molecule has 2 aliphatic heterocycles. The van der Waals surface area contributed by atoms with Crippen molar-refractivity contribution in [3.63, 3.8) is 0 Å². The SMILES string of the molecule is COc1cc2c(cc1Nc1ncc3cnn(C[C@H]4CCCN4)c3n1)CN(C)CC2.O=C(O)C(F)(F)F. The molecule has 2 aromatic heterocycles. The number of carbonyl (C=O) groups is 1. The van der Waals surface area contributed by atoms with E-state index in [4.69, 9.17) is 19.6 Å². The summed E-state index contributed by atoms with van der Waals surface area (Å²) in [7, 11) is 3.85. The second kappa shape index (κ2) is 10.7. The van der Waals surface area contributed by atoms with Gasteiger partial charge in [0.15, 0.2) is 5.65 Å². The van der Waals surface area contributed by atoms with Crippen LogP contribution in [0.5, 0.6) is 5.75 Å². The minimum atomic E-state index is -5.08. The van der Waals surface area contributed by atoms with Gasteiger partial charge in [-0.05, 0) is 56.1 Å². The van der Waals surface area contributed by atoms with Gasteiger partial charge in [0.1, 0.15) is 5.75 Å². The average Bonchev–Trinajstić information content (AvgIpc) is 3.49. The van der Waals surface area contributed by atoms with Crippen LogP contribution >= 0.6 is 0 Å². The third kappa shape index (κ3) is 6.02. The highest BCUT2D eigenvalue weighted by Crippen LogP contribution is 2.33. The number of aliphatic carboxylic acids is 1. The highest BCUT2D eigenvalue weighted by atomic mass is 19.4. The first-order valence-electron chi connectivity index (χ1n) is 11.5. The molecule has 0 radical (unpaired) electrons. The quantitative estimate of drug-likeness (QED) is 0.479. The van der Waals surface area contributed by atoms with Gasteiger partial charge in [-0.1, -0.05) is 0 Å². The number of alkyl halides is 3. The lowest BCUT2D eigenvalue weighted by molar-refractivity contribution is -0.192. The molecule has 2 aliphatic rings. The third-order valence-corrected chi connectivity index (χ3v) is 6.15. The second-order valence-electron chi connectivity index (χ2n) is 8.83. The Labute approximate surface area is 205 Å². The molecule has 3 aromatic rings. The number of nitrogens with zero attached hydrogens (tertiary/aromatic N) is 5. The van der Waals surface area contributed by atoms with Gasteiger partial charge in [0.25, 0.3) is 0 Å². The number of nitrogens with one attached hydrogen (secondary N) is 2. The van der Waals surface area contributed by atoms with E-state index in [9.17, 15) is 13.2 Å². The van der Waals surface area contributed by atoms with Crippen LogP contribution in [0.3, 0.4) is 0 Å². The van der Waals surface area contributed by atoms with Gasteiger partial charge in [-0.2, -0.15) is 23.3 Å². The number of fused-ring (bicyclic) bond motifs is 2. The summed E-state index contributed by atoms with van der Waals surface area (Å²) in [4.78, 5) is 20.5. The normalized spacial score (nSPS) is 17.9. The summed E-state index contributed by atoms with van der Waals surface area (Å²) in [5.41, 5.74) is 4.42. The van der Waals surface area contributed by atoms with Crippen molar-refractivity contribution in [1.29, 1.82) is 0 Å². The maximum Gasteiger partial charge on any atom is 0.490 e. The zero-order chi connectivity index (χ0) is 25.9. The maximum absolute atomic E-state index is 10.6. The smallest absolute Gasteiger partial charge is 0.490 e. The number of hydrogen-bond donors (Lipinski definition) is 3. The molecule has 1 aromatic carbocycles. The van der Waals surface area contributed by atoms with E-state index in [2.05, 4.69) is 44.8 Å². The number of carboxylic acid groups (broad SMARTS) is 1. The van der Waals surface area contributed by atoms with Crippen molar-refractivity contribution >= 4 is 28.6 Å². The minimum Gasteiger partial charge on any atom is -0.495 e. The molecule has 0 aliphatic carbocycles. The number of methoxy groups -OCH3 is 1. The summed E-state index contributed by atoms with van der Waals surface area (Å²) < 4.78 is 39.4. The molecule has 0 spiro atoms. The summed E-state index contributed by atoms with van der Waals surface area (Å²) in [5.74, 6) is -1.38. The fraction of sp³-hybridized carbons (Fsp3) is 0.478.